The number of benzene rings is 1. The maximum absolute atomic E-state index is 12.5. The number of hydrogen-bond donors (Lipinski definition) is 3. The van der Waals surface area contributed by atoms with Crippen molar-refractivity contribution in [3.05, 3.63) is 40.1 Å². The monoisotopic (exact) mass is 345 g/mol. The Morgan fingerprint density at radius 3 is 2.88 bits per heavy atom. The molecular formula is C18H23N3O4. The van der Waals surface area contributed by atoms with Gasteiger partial charge >= 0.3 is 0 Å². The number of aliphatic hydroxyl groups excluding tert-OH is 1. The van der Waals surface area contributed by atoms with E-state index in [1.165, 1.54) is 12.1 Å². The average molecular weight is 345 g/mol. The molecule has 2 atom stereocenters. The van der Waals surface area contributed by atoms with Crippen molar-refractivity contribution in [2.75, 3.05) is 6.61 Å². The summed E-state index contributed by atoms with van der Waals surface area (Å²) in [6.07, 6.45) is 6.98. The number of aromatic nitrogens is 1. The van der Waals surface area contributed by atoms with Crippen molar-refractivity contribution < 1.29 is 14.8 Å². The van der Waals surface area contributed by atoms with Crippen LogP contribution in [0.5, 0.6) is 0 Å². The molecule has 1 amide bonds. The van der Waals surface area contributed by atoms with Gasteiger partial charge in [0.1, 0.15) is 0 Å². The van der Waals surface area contributed by atoms with Gasteiger partial charge in [0.15, 0.2) is 0 Å². The normalized spacial score (nSPS) is 21.0. The van der Waals surface area contributed by atoms with E-state index in [4.69, 9.17) is 0 Å². The Kier molecular flexibility index (Phi) is 5.33. The lowest BCUT2D eigenvalue weighted by atomic mass is 9.95. The van der Waals surface area contributed by atoms with Crippen LogP contribution in [0.25, 0.3) is 10.9 Å². The molecule has 3 rings (SSSR count). The highest BCUT2D eigenvalue weighted by atomic mass is 16.6. The number of hydrogen-bond acceptors (Lipinski definition) is 4. The summed E-state index contributed by atoms with van der Waals surface area (Å²) < 4.78 is 0. The number of carbonyl (C=O) groups is 1. The minimum Gasteiger partial charge on any atom is -0.396 e. The number of aromatic amines is 1. The lowest BCUT2D eigenvalue weighted by Crippen LogP contribution is -2.41. The summed E-state index contributed by atoms with van der Waals surface area (Å²) in [5.41, 5.74) is 1.53. The molecule has 1 saturated carbocycles. The number of nitro groups is 1. The summed E-state index contributed by atoms with van der Waals surface area (Å²) in [5, 5.41) is 24.3. The van der Waals surface area contributed by atoms with E-state index < -0.39 is 4.92 Å². The van der Waals surface area contributed by atoms with Gasteiger partial charge in [-0.3, -0.25) is 14.9 Å². The zero-order valence-corrected chi connectivity index (χ0v) is 14.0. The van der Waals surface area contributed by atoms with Gasteiger partial charge < -0.3 is 15.4 Å². The quantitative estimate of drug-likeness (QED) is 0.440. The zero-order valence-electron chi connectivity index (χ0n) is 14.0. The summed E-state index contributed by atoms with van der Waals surface area (Å²) in [6.45, 7) is 0.0875. The Morgan fingerprint density at radius 1 is 1.32 bits per heavy atom. The fourth-order valence-electron chi connectivity index (χ4n) is 3.65. The molecule has 0 saturated heterocycles. The number of non-ortho nitro benzene ring substituents is 1. The molecule has 25 heavy (non-hydrogen) atoms. The zero-order chi connectivity index (χ0) is 17.8. The summed E-state index contributed by atoms with van der Waals surface area (Å²) in [4.78, 5) is 26.0. The fraction of sp³-hybridized carbons (Fsp3) is 0.500. The number of nitrogens with one attached hydrogen (secondary N) is 2. The summed E-state index contributed by atoms with van der Waals surface area (Å²) in [5.74, 6) is -0.00624. The molecule has 0 aliphatic heterocycles. The van der Waals surface area contributed by atoms with Crippen LogP contribution in [0.1, 0.15) is 37.7 Å². The number of fused-ring (bicyclic) bond motifs is 1. The maximum atomic E-state index is 12.5. The fourth-order valence-corrected chi connectivity index (χ4v) is 3.65. The number of nitro benzene ring substituents is 1. The van der Waals surface area contributed by atoms with E-state index in [0.717, 1.165) is 43.2 Å². The second-order valence-electron chi connectivity index (χ2n) is 6.73. The van der Waals surface area contributed by atoms with Gasteiger partial charge in [0.25, 0.3) is 5.69 Å². The van der Waals surface area contributed by atoms with Gasteiger partial charge in [0, 0.05) is 47.8 Å². The van der Waals surface area contributed by atoms with Gasteiger partial charge in [-0.25, -0.2) is 0 Å². The predicted octanol–water partition coefficient (Wildman–Crippen LogP) is 2.68. The Morgan fingerprint density at radius 2 is 2.12 bits per heavy atom. The first-order chi connectivity index (χ1) is 12.1. The predicted molar refractivity (Wildman–Crippen MR) is 94.2 cm³/mol. The molecule has 2 aromatic rings. The molecule has 1 aromatic heterocycles. The molecule has 134 valence electrons. The first kappa shape index (κ1) is 17.4. The van der Waals surface area contributed by atoms with Crippen molar-refractivity contribution in [2.45, 2.75) is 44.6 Å². The molecule has 1 aliphatic carbocycles. The number of carbonyl (C=O) groups excluding carboxylic acids is 1. The van der Waals surface area contributed by atoms with Crippen molar-refractivity contribution in [2.24, 2.45) is 5.92 Å². The number of aliphatic hydroxyl groups is 1. The molecule has 7 heteroatoms. The van der Waals surface area contributed by atoms with Crippen LogP contribution in [0.4, 0.5) is 5.69 Å². The Labute approximate surface area is 145 Å². The van der Waals surface area contributed by atoms with Crippen LogP contribution in [0.3, 0.4) is 0 Å². The molecule has 1 aromatic carbocycles. The van der Waals surface area contributed by atoms with Crippen LogP contribution in [-0.4, -0.2) is 33.6 Å². The first-order valence-corrected chi connectivity index (χ1v) is 8.73. The molecule has 7 nitrogen and oxygen atoms in total. The van der Waals surface area contributed by atoms with Crippen LogP contribution in [0.15, 0.2) is 24.4 Å². The van der Waals surface area contributed by atoms with Gasteiger partial charge in [0.05, 0.1) is 11.3 Å². The highest BCUT2D eigenvalue weighted by Crippen LogP contribution is 2.25. The van der Waals surface area contributed by atoms with Crippen molar-refractivity contribution in [3.63, 3.8) is 0 Å². The highest BCUT2D eigenvalue weighted by molar-refractivity contribution is 5.90. The second kappa shape index (κ2) is 7.65. The van der Waals surface area contributed by atoms with Gasteiger partial charge in [-0.2, -0.15) is 0 Å². The largest absolute Gasteiger partial charge is 0.396 e. The number of H-pyrrole nitrogens is 1. The molecule has 0 spiro atoms. The molecule has 1 fully saturated rings. The molecular weight excluding hydrogens is 322 g/mol. The van der Waals surface area contributed by atoms with Gasteiger partial charge in [-0.1, -0.05) is 19.3 Å². The minimum atomic E-state index is -0.437. The minimum absolute atomic E-state index is 0.000424. The molecule has 1 aliphatic rings. The van der Waals surface area contributed by atoms with E-state index in [-0.39, 0.29) is 36.6 Å². The average Bonchev–Trinajstić information content (AvgIpc) is 2.84. The lowest BCUT2D eigenvalue weighted by Gasteiger charge is -2.24. The Bertz CT molecular complexity index is 771. The maximum Gasteiger partial charge on any atom is 0.270 e. The third-order valence-corrected chi connectivity index (χ3v) is 5.05. The van der Waals surface area contributed by atoms with E-state index >= 15 is 0 Å². The van der Waals surface area contributed by atoms with Crippen molar-refractivity contribution in [1.29, 1.82) is 0 Å². The van der Waals surface area contributed by atoms with E-state index in [1.807, 2.05) is 0 Å². The smallest absolute Gasteiger partial charge is 0.270 e. The van der Waals surface area contributed by atoms with Crippen LogP contribution >= 0.6 is 0 Å². The van der Waals surface area contributed by atoms with Gasteiger partial charge in [-0.15, -0.1) is 0 Å². The van der Waals surface area contributed by atoms with Crippen molar-refractivity contribution in [3.8, 4) is 0 Å². The summed E-state index contributed by atoms with van der Waals surface area (Å²) >= 11 is 0. The molecule has 2 unspecified atom stereocenters. The molecule has 3 N–H and O–H groups in total. The topological polar surface area (TPSA) is 108 Å². The van der Waals surface area contributed by atoms with Crippen LogP contribution in [0.2, 0.25) is 0 Å². The number of nitrogens with zero attached hydrogens (tertiary/aromatic N) is 1. The summed E-state index contributed by atoms with van der Waals surface area (Å²) in [7, 11) is 0. The third kappa shape index (κ3) is 3.99. The van der Waals surface area contributed by atoms with E-state index in [9.17, 15) is 20.0 Å². The van der Waals surface area contributed by atoms with Crippen molar-refractivity contribution >= 4 is 22.5 Å². The lowest BCUT2D eigenvalue weighted by molar-refractivity contribution is -0.384. The Balaban J connectivity index is 1.73. The second-order valence-corrected chi connectivity index (χ2v) is 6.73. The molecule has 0 bridgehead atoms. The van der Waals surface area contributed by atoms with Gasteiger partial charge in [0.2, 0.25) is 5.91 Å². The highest BCUT2D eigenvalue weighted by Gasteiger charge is 2.25. The van der Waals surface area contributed by atoms with E-state index in [2.05, 4.69) is 10.3 Å². The molecule has 0 radical (unpaired) electrons. The summed E-state index contributed by atoms with van der Waals surface area (Å²) in [6, 6.07) is 4.60. The van der Waals surface area contributed by atoms with Crippen LogP contribution < -0.4 is 5.32 Å². The van der Waals surface area contributed by atoms with E-state index in [0.29, 0.717) is 5.39 Å². The van der Waals surface area contributed by atoms with Gasteiger partial charge in [-0.05, 0) is 24.5 Å². The standard InChI is InChI=1S/C18H23N3O4/c22-11-12-4-2-1-3-5-16(12)20-18(23)8-13-10-19-17-7-6-14(21(24)25)9-15(13)17/h6-7,9-10,12,16,19,22H,1-5,8,11H2,(H,20,23). The first-order valence-electron chi connectivity index (χ1n) is 8.73. The Hall–Kier alpha value is -2.41. The van der Waals surface area contributed by atoms with Crippen molar-refractivity contribution in [1.82, 2.24) is 10.3 Å². The SMILES string of the molecule is O=C(Cc1c[nH]c2ccc([N+](=O)[O-])cc12)NC1CCCCCC1CO. The molecule has 1 heterocycles. The van der Waals surface area contributed by atoms with E-state index in [1.54, 1.807) is 12.3 Å². The number of rotatable bonds is 5. The third-order valence-electron chi connectivity index (χ3n) is 5.05. The number of amides is 1. The van der Waals surface area contributed by atoms with Crippen LogP contribution in [-0.2, 0) is 11.2 Å². The van der Waals surface area contributed by atoms with Crippen LogP contribution in [0, 0.1) is 16.0 Å².